The molecule has 0 aromatic carbocycles. The Morgan fingerprint density at radius 2 is 2.08 bits per heavy atom. The van der Waals surface area contributed by atoms with Gasteiger partial charge in [0.05, 0.1) is 11.3 Å². The summed E-state index contributed by atoms with van der Waals surface area (Å²) in [5.41, 5.74) is 6.04. The van der Waals surface area contributed by atoms with Gasteiger partial charge < -0.3 is 11.1 Å². The fourth-order valence-corrected chi connectivity index (χ4v) is 4.73. The van der Waals surface area contributed by atoms with E-state index in [9.17, 15) is 18.0 Å². The van der Waals surface area contributed by atoms with Crippen molar-refractivity contribution in [3.05, 3.63) is 21.7 Å². The summed E-state index contributed by atoms with van der Waals surface area (Å²) in [6.45, 7) is 1.99. The third-order valence-electron chi connectivity index (χ3n) is 5.33. The Morgan fingerprint density at radius 1 is 1.35 bits per heavy atom. The lowest BCUT2D eigenvalue weighted by molar-refractivity contribution is -0.137. The van der Waals surface area contributed by atoms with Crippen molar-refractivity contribution >= 4 is 33.1 Å². The van der Waals surface area contributed by atoms with E-state index < -0.39 is 17.6 Å². The summed E-state index contributed by atoms with van der Waals surface area (Å²) in [7, 11) is 0. The molecular weight excluding hydrogens is 363 g/mol. The molecule has 2 aliphatic rings. The van der Waals surface area contributed by atoms with Crippen molar-refractivity contribution < 1.29 is 18.0 Å². The molecule has 0 aliphatic heterocycles. The van der Waals surface area contributed by atoms with Crippen LogP contribution >= 0.6 is 11.3 Å². The first kappa shape index (κ1) is 17.6. The average Bonchev–Trinajstić information content (AvgIpc) is 3.34. The molecule has 3 N–H and O–H groups in total. The number of nitrogens with one attached hydrogen (secondary N) is 1. The second kappa shape index (κ2) is 6.11. The number of rotatable bonds is 3. The van der Waals surface area contributed by atoms with Crippen molar-refractivity contribution in [2.45, 2.75) is 57.7 Å². The molecule has 2 aliphatic carbocycles. The van der Waals surface area contributed by atoms with Gasteiger partial charge in [0.2, 0.25) is 0 Å². The van der Waals surface area contributed by atoms with Crippen LogP contribution in [0.3, 0.4) is 0 Å². The SMILES string of the molecule is CC[C@H]1CCc2nc3sc(C(=O)NC4CC4)c(N)c3c(C(F)(F)F)c2C1. The summed E-state index contributed by atoms with van der Waals surface area (Å²) in [6, 6.07) is 0.112. The number of hydrogen-bond acceptors (Lipinski definition) is 4. The monoisotopic (exact) mass is 383 g/mol. The number of halogens is 3. The van der Waals surface area contributed by atoms with Crippen LogP contribution < -0.4 is 11.1 Å². The number of fused-ring (bicyclic) bond motifs is 2. The van der Waals surface area contributed by atoms with Crippen LogP contribution in [0.25, 0.3) is 10.2 Å². The summed E-state index contributed by atoms with van der Waals surface area (Å²) in [5.74, 6) is -0.175. The zero-order valence-electron chi connectivity index (χ0n) is 14.4. The van der Waals surface area contributed by atoms with E-state index in [1.807, 2.05) is 6.92 Å². The van der Waals surface area contributed by atoms with Gasteiger partial charge in [0.1, 0.15) is 9.71 Å². The second-order valence-corrected chi connectivity index (χ2v) is 8.20. The number of nitrogens with zero attached hydrogens (tertiary/aromatic N) is 1. The van der Waals surface area contributed by atoms with Crippen molar-refractivity contribution in [3.8, 4) is 0 Å². The summed E-state index contributed by atoms with van der Waals surface area (Å²) < 4.78 is 41.9. The number of carbonyl (C=O) groups excluding carboxylic acids is 1. The van der Waals surface area contributed by atoms with Crippen LogP contribution in [0.4, 0.5) is 18.9 Å². The molecule has 8 heteroatoms. The van der Waals surface area contributed by atoms with E-state index in [1.54, 1.807) is 0 Å². The minimum atomic E-state index is -4.53. The van der Waals surface area contributed by atoms with Crippen LogP contribution in [-0.2, 0) is 19.0 Å². The van der Waals surface area contributed by atoms with Crippen LogP contribution in [0.15, 0.2) is 0 Å². The van der Waals surface area contributed by atoms with E-state index in [2.05, 4.69) is 10.3 Å². The van der Waals surface area contributed by atoms with Crippen LogP contribution in [0.2, 0.25) is 0 Å². The van der Waals surface area contributed by atoms with E-state index in [1.165, 1.54) is 0 Å². The molecule has 0 unspecified atom stereocenters. The van der Waals surface area contributed by atoms with E-state index in [0.717, 1.165) is 37.0 Å². The predicted molar refractivity (Wildman–Crippen MR) is 95.3 cm³/mol. The molecule has 1 atom stereocenters. The van der Waals surface area contributed by atoms with Crippen LogP contribution in [0.1, 0.15) is 59.1 Å². The molecule has 26 heavy (non-hydrogen) atoms. The number of carbonyl (C=O) groups is 1. The van der Waals surface area contributed by atoms with Crippen molar-refractivity contribution in [2.75, 3.05) is 5.73 Å². The third kappa shape index (κ3) is 2.94. The Balaban J connectivity index is 1.91. The number of aryl methyl sites for hydroxylation is 1. The number of thiophene rings is 1. The number of alkyl halides is 3. The second-order valence-electron chi connectivity index (χ2n) is 7.20. The Labute approximate surface area is 153 Å². The van der Waals surface area contributed by atoms with Crippen molar-refractivity contribution in [3.63, 3.8) is 0 Å². The number of amides is 1. The molecule has 2 heterocycles. The third-order valence-corrected chi connectivity index (χ3v) is 6.42. The number of pyridine rings is 1. The molecule has 1 saturated carbocycles. The molecule has 2 aromatic rings. The van der Waals surface area contributed by atoms with Gasteiger partial charge in [0.25, 0.3) is 5.91 Å². The topological polar surface area (TPSA) is 68.0 Å². The summed E-state index contributed by atoms with van der Waals surface area (Å²) in [4.78, 5) is 17.2. The Hall–Kier alpha value is -1.83. The van der Waals surface area contributed by atoms with Crippen LogP contribution in [-0.4, -0.2) is 16.9 Å². The molecule has 140 valence electrons. The highest BCUT2D eigenvalue weighted by molar-refractivity contribution is 7.21. The minimum absolute atomic E-state index is 0.0932. The Kier molecular flexibility index (Phi) is 4.13. The molecular formula is C18H20F3N3OS. The first-order valence-electron chi connectivity index (χ1n) is 8.91. The van der Waals surface area contributed by atoms with Gasteiger partial charge in [-0.15, -0.1) is 11.3 Å². The van der Waals surface area contributed by atoms with Gasteiger partial charge in [-0.1, -0.05) is 13.3 Å². The molecule has 2 aromatic heterocycles. The van der Waals surface area contributed by atoms with Crippen molar-refractivity contribution in [2.24, 2.45) is 5.92 Å². The minimum Gasteiger partial charge on any atom is -0.397 e. The first-order chi connectivity index (χ1) is 12.3. The zero-order valence-corrected chi connectivity index (χ0v) is 15.2. The van der Waals surface area contributed by atoms with E-state index in [-0.39, 0.29) is 38.3 Å². The maximum Gasteiger partial charge on any atom is 0.417 e. The van der Waals surface area contributed by atoms with E-state index in [4.69, 9.17) is 5.73 Å². The molecule has 0 spiro atoms. The number of hydrogen-bond donors (Lipinski definition) is 2. The molecule has 4 nitrogen and oxygen atoms in total. The van der Waals surface area contributed by atoms with E-state index >= 15 is 0 Å². The van der Waals surface area contributed by atoms with Gasteiger partial charge in [0, 0.05) is 17.1 Å². The van der Waals surface area contributed by atoms with Gasteiger partial charge >= 0.3 is 6.18 Å². The largest absolute Gasteiger partial charge is 0.417 e. The number of nitrogens with two attached hydrogens (primary N) is 1. The first-order valence-corrected chi connectivity index (χ1v) is 9.73. The van der Waals surface area contributed by atoms with Gasteiger partial charge in [-0.05, 0) is 43.6 Å². The lowest BCUT2D eigenvalue weighted by Gasteiger charge is -2.26. The highest BCUT2D eigenvalue weighted by atomic mass is 32.1. The average molecular weight is 383 g/mol. The maximum absolute atomic E-state index is 14.0. The van der Waals surface area contributed by atoms with Crippen molar-refractivity contribution in [1.82, 2.24) is 10.3 Å². The van der Waals surface area contributed by atoms with Gasteiger partial charge in [-0.25, -0.2) is 4.98 Å². The molecule has 0 saturated heterocycles. The van der Waals surface area contributed by atoms with E-state index in [0.29, 0.717) is 18.5 Å². The predicted octanol–water partition coefficient (Wildman–Crippen LogP) is 4.30. The summed E-state index contributed by atoms with van der Waals surface area (Å²) >= 11 is 0.963. The highest BCUT2D eigenvalue weighted by Gasteiger charge is 2.41. The quantitative estimate of drug-likeness (QED) is 0.830. The zero-order chi connectivity index (χ0) is 18.6. The summed E-state index contributed by atoms with van der Waals surface area (Å²) in [6.07, 6.45) is -0.153. The number of anilines is 1. The van der Waals surface area contributed by atoms with Crippen molar-refractivity contribution in [1.29, 1.82) is 0 Å². The molecule has 1 fully saturated rings. The standard InChI is InChI=1S/C18H20F3N3OS/c1-2-8-3-6-11-10(7-8)13(18(19,20)21)12-14(22)15(26-17(12)24-11)16(25)23-9-4-5-9/h8-9H,2-7,22H2,1H3,(H,23,25)/t8-/m0/s1. The molecule has 4 rings (SSSR count). The number of aromatic nitrogens is 1. The fourth-order valence-electron chi connectivity index (χ4n) is 3.70. The van der Waals surface area contributed by atoms with Crippen LogP contribution in [0, 0.1) is 5.92 Å². The Bertz CT molecular complexity index is 886. The fraction of sp³-hybridized carbons (Fsp3) is 0.556. The molecule has 0 radical (unpaired) electrons. The lowest BCUT2D eigenvalue weighted by atomic mass is 9.82. The number of nitrogen functional groups attached to an aromatic ring is 1. The van der Waals surface area contributed by atoms with Gasteiger partial charge in [0.15, 0.2) is 0 Å². The normalized spacial score (nSPS) is 20.2. The van der Waals surface area contributed by atoms with Crippen LogP contribution in [0.5, 0.6) is 0 Å². The molecule has 1 amide bonds. The lowest BCUT2D eigenvalue weighted by Crippen LogP contribution is -2.25. The Morgan fingerprint density at radius 3 is 2.69 bits per heavy atom. The van der Waals surface area contributed by atoms with Gasteiger partial charge in [-0.3, -0.25) is 4.79 Å². The maximum atomic E-state index is 14.0. The van der Waals surface area contributed by atoms with Gasteiger partial charge in [-0.2, -0.15) is 13.2 Å². The molecule has 0 bridgehead atoms. The highest BCUT2D eigenvalue weighted by Crippen LogP contribution is 2.46. The smallest absolute Gasteiger partial charge is 0.397 e. The summed E-state index contributed by atoms with van der Waals surface area (Å²) in [5, 5.41) is 2.70.